The summed E-state index contributed by atoms with van der Waals surface area (Å²) in [5.74, 6) is 0. The van der Waals surface area contributed by atoms with Crippen molar-refractivity contribution in [2.24, 2.45) is 0 Å². The van der Waals surface area contributed by atoms with Gasteiger partial charge in [0, 0.05) is 0 Å². The van der Waals surface area contributed by atoms with E-state index in [1.165, 1.54) is 0 Å². The van der Waals surface area contributed by atoms with E-state index in [4.69, 9.17) is 0 Å². The predicted octanol–water partition coefficient (Wildman–Crippen LogP) is 2.20. The molecule has 0 unspecified atom stereocenters. The first kappa shape index (κ1) is 10.2. The third kappa shape index (κ3) is 2.72. The Hall–Kier alpha value is 1.17. The van der Waals surface area contributed by atoms with E-state index < -0.39 is 27.1 Å². The van der Waals surface area contributed by atoms with Crippen LogP contribution in [0.25, 0.3) is 0 Å². The van der Waals surface area contributed by atoms with E-state index in [2.05, 4.69) is 0 Å². The van der Waals surface area contributed by atoms with Crippen LogP contribution in [0.4, 0.5) is 22.0 Å². The standard InChI is InChI=1S/C2F5ITe/c3-1(4,5)2(6,7)9-8. The van der Waals surface area contributed by atoms with Gasteiger partial charge in [-0.3, -0.25) is 0 Å². The van der Waals surface area contributed by atoms with Crippen LogP contribution in [-0.4, -0.2) is 27.1 Å². The van der Waals surface area contributed by atoms with E-state index in [9.17, 15) is 22.0 Å². The van der Waals surface area contributed by atoms with Crippen LogP contribution in [0.1, 0.15) is 0 Å². The van der Waals surface area contributed by atoms with Crippen LogP contribution >= 0.6 is 18.7 Å². The Kier molecular flexibility index (Phi) is 3.44. The molecule has 0 aromatic rings. The monoisotopic (exact) mass is 376 g/mol. The fourth-order valence-corrected chi connectivity index (χ4v) is 1.97. The van der Waals surface area contributed by atoms with Crippen molar-refractivity contribution in [3.05, 3.63) is 0 Å². The molecule has 0 saturated heterocycles. The summed E-state index contributed by atoms with van der Waals surface area (Å²) >= 11 is -1.16. The van der Waals surface area contributed by atoms with Gasteiger partial charge in [-0.15, -0.1) is 0 Å². The second-order valence-electron chi connectivity index (χ2n) is 1.09. The molecule has 0 amide bonds. The zero-order valence-electron chi connectivity index (χ0n) is 3.68. The molecule has 0 N–H and O–H groups in total. The van der Waals surface area contributed by atoms with E-state index >= 15 is 0 Å². The van der Waals surface area contributed by atoms with Gasteiger partial charge >= 0.3 is 67.8 Å². The van der Waals surface area contributed by atoms with Crippen molar-refractivity contribution in [2.75, 3.05) is 0 Å². The summed E-state index contributed by atoms with van der Waals surface area (Å²) in [6, 6.07) is 0. The number of rotatable bonds is 1. The molecule has 0 radical (unpaired) electrons. The number of hydrogen-bond acceptors (Lipinski definition) is 0. The third-order valence-corrected chi connectivity index (χ3v) is 5.35. The quantitative estimate of drug-likeness (QED) is 0.376. The average Bonchev–Trinajstić information content (AvgIpc) is 1.64. The molecule has 0 aliphatic rings. The van der Waals surface area contributed by atoms with Gasteiger partial charge in [0.2, 0.25) is 0 Å². The SMILES string of the molecule is FC(F)(F)C(F)(F)[Te]I. The van der Waals surface area contributed by atoms with Crippen LogP contribution < -0.4 is 0 Å². The van der Waals surface area contributed by atoms with Gasteiger partial charge < -0.3 is 0 Å². The zero-order valence-corrected chi connectivity index (χ0v) is 8.16. The molecule has 0 aliphatic heterocycles. The Morgan fingerprint density at radius 2 is 1.33 bits per heavy atom. The van der Waals surface area contributed by atoms with Crippen molar-refractivity contribution in [3.63, 3.8) is 0 Å². The Bertz CT molecular complexity index is 97.6. The predicted molar refractivity (Wildman–Crippen MR) is 30.8 cm³/mol. The van der Waals surface area contributed by atoms with Crippen molar-refractivity contribution in [1.29, 1.82) is 0 Å². The fourth-order valence-electron chi connectivity index (χ4n) is 0.0437. The number of alkyl halides is 5. The molecule has 0 aliphatic carbocycles. The van der Waals surface area contributed by atoms with E-state index in [0.717, 1.165) is 18.7 Å². The molecule has 56 valence electrons. The molecular formula is C2F5ITe. The van der Waals surface area contributed by atoms with Gasteiger partial charge in [0.1, 0.15) is 0 Å². The van der Waals surface area contributed by atoms with Gasteiger partial charge in [0.05, 0.1) is 0 Å². The van der Waals surface area contributed by atoms with E-state index in [-0.39, 0.29) is 0 Å². The maximum atomic E-state index is 11.6. The van der Waals surface area contributed by atoms with Gasteiger partial charge in [-0.25, -0.2) is 0 Å². The summed E-state index contributed by atoms with van der Waals surface area (Å²) in [4.78, 5) is 0. The van der Waals surface area contributed by atoms with E-state index in [1.54, 1.807) is 0 Å². The molecule has 0 spiro atoms. The maximum absolute atomic E-state index is 11.6. The van der Waals surface area contributed by atoms with Crippen LogP contribution in [-0.2, 0) is 0 Å². The van der Waals surface area contributed by atoms with Gasteiger partial charge in [-0.05, 0) is 0 Å². The Morgan fingerprint density at radius 1 is 1.00 bits per heavy atom. The first-order chi connectivity index (χ1) is 3.81. The molecule has 0 saturated carbocycles. The Balaban J connectivity index is 4.14. The first-order valence-corrected chi connectivity index (χ1v) is 9.51. The van der Waals surface area contributed by atoms with Gasteiger partial charge in [0.25, 0.3) is 0 Å². The first-order valence-electron chi connectivity index (χ1n) is 1.55. The topological polar surface area (TPSA) is 0 Å². The summed E-state index contributed by atoms with van der Waals surface area (Å²) in [5.41, 5.74) is 0. The van der Waals surface area contributed by atoms with Gasteiger partial charge in [-0.2, -0.15) is 0 Å². The second-order valence-corrected chi connectivity index (χ2v) is 5.95. The van der Waals surface area contributed by atoms with Crippen LogP contribution in [0.5, 0.6) is 0 Å². The third-order valence-electron chi connectivity index (χ3n) is 0.427. The number of hydrogen-bond donors (Lipinski definition) is 0. The van der Waals surface area contributed by atoms with Crippen molar-refractivity contribution < 1.29 is 22.0 Å². The summed E-state index contributed by atoms with van der Waals surface area (Å²) in [6.07, 6.45) is -5.34. The van der Waals surface area contributed by atoms with Crippen molar-refractivity contribution in [3.8, 4) is 0 Å². The van der Waals surface area contributed by atoms with Gasteiger partial charge in [0.15, 0.2) is 0 Å². The molecule has 0 heterocycles. The Morgan fingerprint density at radius 3 is 1.33 bits per heavy atom. The molecule has 9 heavy (non-hydrogen) atoms. The minimum absolute atomic E-state index is 1.12. The molecule has 0 fully saturated rings. The van der Waals surface area contributed by atoms with Crippen LogP contribution in [0, 0.1) is 0 Å². The molecule has 0 rings (SSSR count). The summed E-state index contributed by atoms with van der Waals surface area (Å²) in [5, 5.41) is 0. The molecule has 0 bridgehead atoms. The molecular weight excluding hydrogens is 374 g/mol. The second kappa shape index (κ2) is 3.05. The van der Waals surface area contributed by atoms with Crippen molar-refractivity contribution >= 4 is 35.7 Å². The molecule has 0 aromatic heterocycles. The number of halogens is 6. The van der Waals surface area contributed by atoms with Crippen LogP contribution in [0.15, 0.2) is 0 Å². The fraction of sp³-hybridized carbons (Fsp3) is 1.00. The molecule has 0 aromatic carbocycles. The molecule has 0 atom stereocenters. The van der Waals surface area contributed by atoms with Crippen LogP contribution in [0.2, 0.25) is 0 Å². The molecule has 0 nitrogen and oxygen atoms in total. The summed E-state index contributed by atoms with van der Waals surface area (Å²) in [7, 11) is 0. The van der Waals surface area contributed by atoms with E-state index in [0.29, 0.717) is 0 Å². The summed E-state index contributed by atoms with van der Waals surface area (Å²) < 4.78 is 52.1. The zero-order chi connectivity index (χ0) is 7.71. The summed E-state index contributed by atoms with van der Waals surface area (Å²) in [6.45, 7) is 0. The van der Waals surface area contributed by atoms with Crippen molar-refractivity contribution in [2.45, 2.75) is 10.1 Å². The normalized spacial score (nSPS) is 14.0. The Labute approximate surface area is 67.5 Å². The van der Waals surface area contributed by atoms with Crippen molar-refractivity contribution in [1.82, 2.24) is 0 Å². The average molecular weight is 374 g/mol. The van der Waals surface area contributed by atoms with Gasteiger partial charge in [-0.1, -0.05) is 0 Å². The van der Waals surface area contributed by atoms with E-state index in [1.807, 2.05) is 0 Å². The minimum atomic E-state index is -5.34. The molecule has 7 heteroatoms. The van der Waals surface area contributed by atoms with Crippen LogP contribution in [0.3, 0.4) is 0 Å².